The molecule has 7 nitrogen and oxygen atoms in total. The Kier molecular flexibility index (Phi) is 5.99. The summed E-state index contributed by atoms with van der Waals surface area (Å²) in [6.07, 6.45) is 0. The zero-order valence-electron chi connectivity index (χ0n) is 16.1. The van der Waals surface area contributed by atoms with Crippen molar-refractivity contribution in [1.29, 1.82) is 0 Å². The Morgan fingerprint density at radius 2 is 1.45 bits per heavy atom. The molecule has 0 heterocycles. The first-order valence-corrected chi connectivity index (χ1v) is 8.81. The summed E-state index contributed by atoms with van der Waals surface area (Å²) >= 11 is 0. The van der Waals surface area contributed by atoms with Crippen LogP contribution in [0.15, 0.2) is 72.8 Å². The van der Waals surface area contributed by atoms with E-state index in [2.05, 4.69) is 5.32 Å². The van der Waals surface area contributed by atoms with Gasteiger partial charge in [-0.15, -0.1) is 0 Å². The van der Waals surface area contributed by atoms with Crippen LogP contribution in [0.3, 0.4) is 0 Å². The van der Waals surface area contributed by atoms with E-state index in [-0.39, 0.29) is 0 Å². The smallest absolute Gasteiger partial charge is 0.321 e. The van der Waals surface area contributed by atoms with E-state index >= 15 is 0 Å². The van der Waals surface area contributed by atoms with Gasteiger partial charge in [0.2, 0.25) is 0 Å². The first kappa shape index (κ1) is 19.8. The Balaban J connectivity index is 1.89. The molecule has 0 spiro atoms. The predicted molar refractivity (Wildman–Crippen MR) is 113 cm³/mol. The number of nitrogens with zero attached hydrogens (tertiary/aromatic N) is 1. The molecule has 2 amide bonds. The third-order valence-electron chi connectivity index (χ3n) is 4.20. The van der Waals surface area contributed by atoms with Crippen molar-refractivity contribution in [2.24, 2.45) is 0 Å². The number of rotatable bonds is 5. The number of para-hydroxylation sites is 1. The van der Waals surface area contributed by atoms with Crippen LogP contribution in [0.25, 0.3) is 0 Å². The molecular weight excluding hydrogens is 370 g/mol. The highest BCUT2D eigenvalue weighted by Gasteiger charge is 2.25. The standard InChI is InChI=1S/C22H21N3O4/c1-28-19-13-10-16(14-20(19)29-2)24-21(26)22(27)25(17-6-4-3-5-7-17)18-11-8-15(23)9-12-18/h3-14H,23H2,1-2H3,(H,24,26). The molecule has 0 unspecified atom stereocenters. The molecule has 0 saturated carbocycles. The fraction of sp³-hybridized carbons (Fsp3) is 0.0909. The van der Waals surface area contributed by atoms with E-state index in [9.17, 15) is 9.59 Å². The normalized spacial score (nSPS) is 10.1. The molecule has 0 aromatic heterocycles. The van der Waals surface area contributed by atoms with Gasteiger partial charge in [0.15, 0.2) is 11.5 Å². The first-order chi connectivity index (χ1) is 14.0. The summed E-state index contributed by atoms with van der Waals surface area (Å²) in [6, 6.07) is 20.5. The minimum atomic E-state index is -0.794. The van der Waals surface area contributed by atoms with Gasteiger partial charge in [-0.2, -0.15) is 0 Å². The lowest BCUT2D eigenvalue weighted by Gasteiger charge is -2.22. The molecule has 29 heavy (non-hydrogen) atoms. The summed E-state index contributed by atoms with van der Waals surface area (Å²) < 4.78 is 10.4. The van der Waals surface area contributed by atoms with Crippen molar-refractivity contribution in [2.45, 2.75) is 0 Å². The van der Waals surface area contributed by atoms with Crippen LogP contribution in [0.4, 0.5) is 22.7 Å². The lowest BCUT2D eigenvalue weighted by Crippen LogP contribution is -2.36. The molecule has 0 aliphatic carbocycles. The van der Waals surface area contributed by atoms with Crippen molar-refractivity contribution in [2.75, 3.05) is 30.2 Å². The van der Waals surface area contributed by atoms with Gasteiger partial charge in [-0.3, -0.25) is 14.5 Å². The zero-order chi connectivity index (χ0) is 20.8. The van der Waals surface area contributed by atoms with Gasteiger partial charge in [-0.25, -0.2) is 0 Å². The number of hydrogen-bond donors (Lipinski definition) is 2. The molecule has 0 bridgehead atoms. The van der Waals surface area contributed by atoms with Gasteiger partial charge in [0.1, 0.15) is 0 Å². The van der Waals surface area contributed by atoms with E-state index < -0.39 is 11.8 Å². The molecule has 3 N–H and O–H groups in total. The largest absolute Gasteiger partial charge is 0.493 e. The number of benzene rings is 3. The molecule has 3 aromatic rings. The maximum Gasteiger partial charge on any atom is 0.321 e. The number of hydrogen-bond acceptors (Lipinski definition) is 5. The maximum atomic E-state index is 13.0. The average molecular weight is 391 g/mol. The molecule has 0 fully saturated rings. The first-order valence-electron chi connectivity index (χ1n) is 8.81. The quantitative estimate of drug-likeness (QED) is 0.512. The monoisotopic (exact) mass is 391 g/mol. The summed E-state index contributed by atoms with van der Waals surface area (Å²) in [5, 5.41) is 2.61. The Bertz CT molecular complexity index is 1000. The van der Waals surface area contributed by atoms with Crippen LogP contribution < -0.4 is 25.4 Å². The lowest BCUT2D eigenvalue weighted by molar-refractivity contribution is -0.134. The van der Waals surface area contributed by atoms with E-state index in [1.54, 1.807) is 66.7 Å². The van der Waals surface area contributed by atoms with Gasteiger partial charge >= 0.3 is 11.8 Å². The van der Waals surface area contributed by atoms with Crippen LogP contribution in [0.1, 0.15) is 0 Å². The van der Waals surface area contributed by atoms with Crippen molar-refractivity contribution < 1.29 is 19.1 Å². The Morgan fingerprint density at radius 1 is 0.828 bits per heavy atom. The number of nitrogen functional groups attached to an aromatic ring is 1. The molecule has 0 saturated heterocycles. The fourth-order valence-corrected chi connectivity index (χ4v) is 2.78. The van der Waals surface area contributed by atoms with Gasteiger partial charge in [-0.1, -0.05) is 18.2 Å². The van der Waals surface area contributed by atoms with Crippen LogP contribution in [0.2, 0.25) is 0 Å². The van der Waals surface area contributed by atoms with Crippen molar-refractivity contribution in [3.05, 3.63) is 72.8 Å². The number of ether oxygens (including phenoxy) is 2. The molecule has 3 aromatic carbocycles. The number of nitrogens with one attached hydrogen (secondary N) is 1. The summed E-state index contributed by atoms with van der Waals surface area (Å²) in [6.45, 7) is 0. The number of carbonyl (C=O) groups is 2. The molecule has 7 heteroatoms. The van der Waals surface area contributed by atoms with E-state index in [0.29, 0.717) is 34.2 Å². The number of amides is 2. The van der Waals surface area contributed by atoms with E-state index in [0.717, 1.165) is 0 Å². The molecule has 0 aliphatic heterocycles. The molecule has 148 valence electrons. The second-order valence-corrected chi connectivity index (χ2v) is 6.09. The summed E-state index contributed by atoms with van der Waals surface area (Å²) in [5.74, 6) is -0.575. The van der Waals surface area contributed by atoms with Gasteiger partial charge in [-0.05, 0) is 48.5 Å². The minimum absolute atomic E-state index is 0.409. The van der Waals surface area contributed by atoms with E-state index in [4.69, 9.17) is 15.2 Å². The van der Waals surface area contributed by atoms with Crippen LogP contribution >= 0.6 is 0 Å². The van der Waals surface area contributed by atoms with Crippen LogP contribution in [-0.2, 0) is 9.59 Å². The second-order valence-electron chi connectivity index (χ2n) is 6.09. The van der Waals surface area contributed by atoms with Gasteiger partial charge in [0, 0.05) is 28.8 Å². The van der Waals surface area contributed by atoms with Crippen molar-refractivity contribution >= 4 is 34.6 Å². The Hall–Kier alpha value is -4.00. The number of nitrogens with two attached hydrogens (primary N) is 1. The Labute approximate surface area is 168 Å². The SMILES string of the molecule is COc1ccc(NC(=O)C(=O)N(c2ccccc2)c2ccc(N)cc2)cc1OC. The van der Waals surface area contributed by atoms with Gasteiger partial charge in [0.05, 0.1) is 14.2 Å². The molecule has 0 atom stereocenters. The molecular formula is C22H21N3O4. The summed E-state index contributed by atoms with van der Waals surface area (Å²) in [4.78, 5) is 27.1. The second kappa shape index (κ2) is 8.79. The van der Waals surface area contributed by atoms with Crippen molar-refractivity contribution in [3.8, 4) is 11.5 Å². The minimum Gasteiger partial charge on any atom is -0.493 e. The molecule has 3 rings (SSSR count). The van der Waals surface area contributed by atoms with Crippen molar-refractivity contribution in [3.63, 3.8) is 0 Å². The molecule has 0 radical (unpaired) electrons. The van der Waals surface area contributed by atoms with Gasteiger partial charge < -0.3 is 20.5 Å². The zero-order valence-corrected chi connectivity index (χ0v) is 16.1. The average Bonchev–Trinajstić information content (AvgIpc) is 2.75. The van der Waals surface area contributed by atoms with Crippen molar-refractivity contribution in [1.82, 2.24) is 0 Å². The van der Waals surface area contributed by atoms with E-state index in [1.165, 1.54) is 19.1 Å². The van der Waals surface area contributed by atoms with Crippen LogP contribution in [0.5, 0.6) is 11.5 Å². The highest BCUT2D eigenvalue weighted by Crippen LogP contribution is 2.30. The topological polar surface area (TPSA) is 93.9 Å². The third-order valence-corrected chi connectivity index (χ3v) is 4.20. The highest BCUT2D eigenvalue weighted by atomic mass is 16.5. The van der Waals surface area contributed by atoms with E-state index in [1.807, 2.05) is 6.07 Å². The molecule has 0 aliphatic rings. The highest BCUT2D eigenvalue weighted by molar-refractivity contribution is 6.45. The number of carbonyl (C=O) groups excluding carboxylic acids is 2. The number of methoxy groups -OCH3 is 2. The summed E-state index contributed by atoms with van der Waals surface area (Å²) in [5.41, 5.74) is 7.80. The number of anilines is 4. The van der Waals surface area contributed by atoms with Gasteiger partial charge in [0.25, 0.3) is 0 Å². The fourth-order valence-electron chi connectivity index (χ4n) is 2.78. The lowest BCUT2D eigenvalue weighted by atomic mass is 10.2. The maximum absolute atomic E-state index is 13.0. The van der Waals surface area contributed by atoms with Crippen LogP contribution in [-0.4, -0.2) is 26.0 Å². The third kappa shape index (κ3) is 4.47. The Morgan fingerprint density at radius 3 is 2.07 bits per heavy atom. The predicted octanol–water partition coefficient (Wildman–Crippen LogP) is 3.59. The van der Waals surface area contributed by atoms with Crippen LogP contribution in [0, 0.1) is 0 Å². The summed E-state index contributed by atoms with van der Waals surface area (Å²) in [7, 11) is 3.01.